The Kier molecular flexibility index (Phi) is 5.69. The summed E-state index contributed by atoms with van der Waals surface area (Å²) >= 11 is 0. The molecule has 0 fully saturated rings. The van der Waals surface area contributed by atoms with Gasteiger partial charge in [-0.05, 0) is 55.8 Å². The predicted octanol–water partition coefficient (Wildman–Crippen LogP) is 5.74. The Labute approximate surface area is 146 Å². The summed E-state index contributed by atoms with van der Waals surface area (Å²) in [5, 5.41) is 11.3. The van der Waals surface area contributed by atoms with Crippen molar-refractivity contribution in [2.24, 2.45) is 0 Å². The molecule has 0 spiro atoms. The smallest absolute Gasteiger partial charge is 0.269 e. The highest BCUT2D eigenvalue weighted by Crippen LogP contribution is 2.56. The first kappa shape index (κ1) is 18.9. The van der Waals surface area contributed by atoms with Crippen LogP contribution in [0.25, 0.3) is 0 Å². The van der Waals surface area contributed by atoms with E-state index < -0.39 is 0 Å². The number of hydrogen-bond acceptors (Lipinski definition) is 3. The van der Waals surface area contributed by atoms with E-state index in [-0.39, 0.29) is 21.7 Å². The number of benzene rings is 1. The molecule has 2 rings (SSSR count). The SMILES string of the molecule is CCCCN1C(CC)(CC)c2ccc([N+](=O)[O-])cc2C1(CC)CC. The Morgan fingerprint density at radius 1 is 0.958 bits per heavy atom. The molecule has 0 saturated heterocycles. The van der Waals surface area contributed by atoms with Gasteiger partial charge in [-0.1, -0.05) is 41.0 Å². The summed E-state index contributed by atoms with van der Waals surface area (Å²) in [5.41, 5.74) is 2.66. The van der Waals surface area contributed by atoms with Crippen LogP contribution < -0.4 is 0 Å². The van der Waals surface area contributed by atoms with Gasteiger partial charge in [-0.2, -0.15) is 0 Å². The van der Waals surface area contributed by atoms with E-state index in [1.807, 2.05) is 12.1 Å². The molecular formula is C20H32N2O2. The molecule has 1 aromatic rings. The minimum Gasteiger partial charge on any atom is -0.284 e. The largest absolute Gasteiger partial charge is 0.284 e. The van der Waals surface area contributed by atoms with Gasteiger partial charge in [0.15, 0.2) is 0 Å². The third kappa shape index (κ3) is 2.55. The van der Waals surface area contributed by atoms with Crippen LogP contribution in [0.1, 0.15) is 84.3 Å². The Hall–Kier alpha value is -1.42. The number of nitro benzene ring substituents is 1. The normalized spacial score (nSPS) is 18.5. The molecule has 0 saturated carbocycles. The van der Waals surface area contributed by atoms with Gasteiger partial charge in [0, 0.05) is 23.2 Å². The maximum Gasteiger partial charge on any atom is 0.269 e. The molecule has 1 aliphatic rings. The standard InChI is InChI=1S/C20H32N2O2/c1-6-11-14-21-19(7-2,8-3)17-13-12-16(22(23)24)15-18(17)20(21,9-4)10-5/h12-13,15H,6-11,14H2,1-5H3. The highest BCUT2D eigenvalue weighted by Gasteiger charge is 2.54. The molecule has 0 atom stereocenters. The van der Waals surface area contributed by atoms with Crippen molar-refractivity contribution in [2.75, 3.05) is 6.54 Å². The average molecular weight is 332 g/mol. The molecule has 134 valence electrons. The van der Waals surface area contributed by atoms with Crippen LogP contribution in [-0.2, 0) is 11.1 Å². The third-order valence-electron chi connectivity index (χ3n) is 6.32. The maximum absolute atomic E-state index is 11.3. The zero-order chi connectivity index (χ0) is 18.0. The summed E-state index contributed by atoms with van der Waals surface area (Å²) in [6.07, 6.45) is 6.39. The molecule has 0 aromatic heterocycles. The van der Waals surface area contributed by atoms with Gasteiger partial charge in [0.05, 0.1) is 4.92 Å². The highest BCUT2D eigenvalue weighted by atomic mass is 16.6. The van der Waals surface area contributed by atoms with Gasteiger partial charge in [-0.25, -0.2) is 0 Å². The number of fused-ring (bicyclic) bond motifs is 1. The van der Waals surface area contributed by atoms with Crippen molar-refractivity contribution in [2.45, 2.75) is 84.2 Å². The number of non-ortho nitro benzene ring substituents is 1. The molecule has 1 aliphatic heterocycles. The fourth-order valence-electron chi connectivity index (χ4n) is 4.91. The quantitative estimate of drug-likeness (QED) is 0.450. The van der Waals surface area contributed by atoms with Gasteiger partial charge in [0.2, 0.25) is 0 Å². The monoisotopic (exact) mass is 332 g/mol. The minimum absolute atomic E-state index is 0.00561. The second kappa shape index (κ2) is 7.22. The Morgan fingerprint density at radius 2 is 1.50 bits per heavy atom. The van der Waals surface area contributed by atoms with E-state index in [9.17, 15) is 10.1 Å². The number of unbranched alkanes of at least 4 members (excludes halogenated alkanes) is 1. The van der Waals surface area contributed by atoms with Crippen LogP contribution in [0.4, 0.5) is 5.69 Å². The van der Waals surface area contributed by atoms with Crippen LogP contribution in [0.3, 0.4) is 0 Å². The Bertz CT molecular complexity index is 589. The summed E-state index contributed by atoms with van der Waals surface area (Å²) in [6.45, 7) is 12.3. The summed E-state index contributed by atoms with van der Waals surface area (Å²) < 4.78 is 0. The minimum atomic E-state index is -0.259. The van der Waals surface area contributed by atoms with Crippen LogP contribution in [0.2, 0.25) is 0 Å². The predicted molar refractivity (Wildman–Crippen MR) is 99.2 cm³/mol. The van der Waals surface area contributed by atoms with E-state index in [0.29, 0.717) is 0 Å². The Balaban J connectivity index is 2.73. The lowest BCUT2D eigenvalue weighted by molar-refractivity contribution is -0.385. The first-order chi connectivity index (χ1) is 11.5. The second-order valence-electron chi connectivity index (χ2n) is 6.97. The number of rotatable bonds is 8. The zero-order valence-corrected chi connectivity index (χ0v) is 15.9. The fourth-order valence-corrected chi connectivity index (χ4v) is 4.91. The van der Waals surface area contributed by atoms with Crippen molar-refractivity contribution < 1.29 is 4.92 Å². The molecule has 0 radical (unpaired) electrons. The van der Waals surface area contributed by atoms with Gasteiger partial charge in [0.1, 0.15) is 0 Å². The summed E-state index contributed by atoms with van der Waals surface area (Å²) in [4.78, 5) is 13.8. The highest BCUT2D eigenvalue weighted by molar-refractivity contribution is 5.51. The van der Waals surface area contributed by atoms with Crippen LogP contribution in [-0.4, -0.2) is 16.4 Å². The molecule has 0 unspecified atom stereocenters. The maximum atomic E-state index is 11.3. The van der Waals surface area contributed by atoms with E-state index in [2.05, 4.69) is 39.5 Å². The summed E-state index contributed by atoms with van der Waals surface area (Å²) in [5.74, 6) is 0. The van der Waals surface area contributed by atoms with Gasteiger partial charge in [0.25, 0.3) is 5.69 Å². The van der Waals surface area contributed by atoms with Crippen LogP contribution in [0.5, 0.6) is 0 Å². The Morgan fingerprint density at radius 3 is 1.96 bits per heavy atom. The molecular weight excluding hydrogens is 300 g/mol. The van der Waals surface area contributed by atoms with Crippen molar-refractivity contribution in [3.63, 3.8) is 0 Å². The van der Waals surface area contributed by atoms with Gasteiger partial charge >= 0.3 is 0 Å². The number of nitrogens with zero attached hydrogens (tertiary/aromatic N) is 2. The second-order valence-corrected chi connectivity index (χ2v) is 6.97. The van der Waals surface area contributed by atoms with Crippen molar-refractivity contribution in [1.82, 2.24) is 4.90 Å². The molecule has 0 amide bonds. The van der Waals surface area contributed by atoms with E-state index >= 15 is 0 Å². The first-order valence-corrected chi connectivity index (χ1v) is 9.54. The van der Waals surface area contributed by atoms with Crippen LogP contribution in [0, 0.1) is 10.1 Å². The van der Waals surface area contributed by atoms with Gasteiger partial charge in [-0.15, -0.1) is 0 Å². The lowest BCUT2D eigenvalue weighted by Crippen LogP contribution is -2.50. The average Bonchev–Trinajstić information content (AvgIpc) is 2.85. The molecule has 0 aliphatic carbocycles. The summed E-state index contributed by atoms with van der Waals surface area (Å²) in [7, 11) is 0. The van der Waals surface area contributed by atoms with Crippen molar-refractivity contribution in [1.29, 1.82) is 0 Å². The van der Waals surface area contributed by atoms with Gasteiger partial charge in [-0.3, -0.25) is 15.0 Å². The van der Waals surface area contributed by atoms with E-state index in [1.54, 1.807) is 6.07 Å². The third-order valence-corrected chi connectivity index (χ3v) is 6.32. The van der Waals surface area contributed by atoms with Gasteiger partial charge < -0.3 is 0 Å². The molecule has 24 heavy (non-hydrogen) atoms. The number of hydrogen-bond donors (Lipinski definition) is 0. The molecule has 1 heterocycles. The molecule has 4 nitrogen and oxygen atoms in total. The lowest BCUT2D eigenvalue weighted by atomic mass is 9.82. The molecule has 4 heteroatoms. The number of nitro groups is 1. The van der Waals surface area contributed by atoms with Crippen molar-refractivity contribution >= 4 is 5.69 Å². The molecule has 0 N–H and O–H groups in total. The van der Waals surface area contributed by atoms with E-state index in [4.69, 9.17) is 0 Å². The lowest BCUT2D eigenvalue weighted by Gasteiger charge is -2.47. The first-order valence-electron chi connectivity index (χ1n) is 9.54. The zero-order valence-electron chi connectivity index (χ0n) is 15.9. The van der Waals surface area contributed by atoms with E-state index in [0.717, 1.165) is 32.2 Å². The summed E-state index contributed by atoms with van der Waals surface area (Å²) in [6, 6.07) is 5.58. The fraction of sp³-hybridized carbons (Fsp3) is 0.700. The van der Waals surface area contributed by atoms with E-state index in [1.165, 1.54) is 24.0 Å². The van der Waals surface area contributed by atoms with Crippen LogP contribution >= 0.6 is 0 Å². The topological polar surface area (TPSA) is 46.4 Å². The van der Waals surface area contributed by atoms with Crippen molar-refractivity contribution in [3.05, 3.63) is 39.4 Å². The molecule has 1 aromatic carbocycles. The van der Waals surface area contributed by atoms with Crippen LogP contribution in [0.15, 0.2) is 18.2 Å². The molecule has 0 bridgehead atoms. The van der Waals surface area contributed by atoms with Crippen molar-refractivity contribution in [3.8, 4) is 0 Å².